The monoisotopic (exact) mass is 391 g/mol. The average Bonchev–Trinajstić information content (AvgIpc) is 2.67. The Labute approximate surface area is 158 Å². The van der Waals surface area contributed by atoms with Gasteiger partial charge in [0.2, 0.25) is 0 Å². The number of non-ortho nitro benzene ring substituents is 1. The van der Waals surface area contributed by atoms with Crippen LogP contribution in [0.15, 0.2) is 42.5 Å². The topological polar surface area (TPSA) is 157 Å². The summed E-state index contributed by atoms with van der Waals surface area (Å²) in [5.74, 6) is 0.408. The normalized spacial score (nSPS) is 10.2. The Morgan fingerprint density at radius 2 is 1.68 bits per heavy atom. The molecule has 0 unspecified atom stereocenters. The molecular formula is C17H17N3O8. The van der Waals surface area contributed by atoms with Crippen LogP contribution in [0.25, 0.3) is 0 Å². The van der Waals surface area contributed by atoms with Gasteiger partial charge in [-0.3, -0.25) is 20.2 Å². The lowest BCUT2D eigenvalue weighted by molar-refractivity contribution is -0.385. The minimum atomic E-state index is -1.11. The number of carbonyl (C=O) groups is 1. The summed E-state index contributed by atoms with van der Waals surface area (Å²) in [6, 6.07) is 8.87. The van der Waals surface area contributed by atoms with E-state index in [2.05, 4.69) is 0 Å². The van der Waals surface area contributed by atoms with E-state index in [1.165, 1.54) is 30.3 Å². The summed E-state index contributed by atoms with van der Waals surface area (Å²) in [4.78, 5) is 32.3. The van der Waals surface area contributed by atoms with Crippen LogP contribution in [-0.4, -0.2) is 29.2 Å². The Morgan fingerprint density at radius 1 is 1.00 bits per heavy atom. The maximum absolute atomic E-state index is 11.8. The molecule has 11 nitrogen and oxygen atoms in total. The van der Waals surface area contributed by atoms with Crippen LogP contribution in [-0.2, 0) is 11.3 Å². The van der Waals surface area contributed by atoms with Crippen molar-refractivity contribution < 1.29 is 28.9 Å². The molecule has 28 heavy (non-hydrogen) atoms. The van der Waals surface area contributed by atoms with Crippen LogP contribution in [0.2, 0.25) is 0 Å². The SMILES string of the molecule is NCCCOc1ccc([N+](=O)[O-])c(COC(=O)Oc2ccc([N+](=O)[O-])cc2)c1. The first-order valence-corrected chi connectivity index (χ1v) is 8.10. The molecule has 2 aromatic carbocycles. The van der Waals surface area contributed by atoms with E-state index in [1.807, 2.05) is 0 Å². The number of carbonyl (C=O) groups excluding carboxylic acids is 1. The molecule has 2 aromatic rings. The Balaban J connectivity index is 2.00. The van der Waals surface area contributed by atoms with Gasteiger partial charge in [0, 0.05) is 18.2 Å². The zero-order valence-corrected chi connectivity index (χ0v) is 14.6. The third kappa shape index (κ3) is 5.92. The molecule has 0 aliphatic heterocycles. The van der Waals surface area contributed by atoms with E-state index in [4.69, 9.17) is 19.9 Å². The van der Waals surface area contributed by atoms with E-state index >= 15 is 0 Å². The van der Waals surface area contributed by atoms with Gasteiger partial charge in [-0.15, -0.1) is 0 Å². The summed E-state index contributed by atoms with van der Waals surface area (Å²) in [5, 5.41) is 21.7. The zero-order valence-electron chi connectivity index (χ0n) is 14.6. The maximum atomic E-state index is 11.8. The summed E-state index contributed by atoms with van der Waals surface area (Å²) in [6.07, 6.45) is -0.498. The molecule has 148 valence electrons. The van der Waals surface area contributed by atoms with Crippen molar-refractivity contribution in [3.63, 3.8) is 0 Å². The smallest absolute Gasteiger partial charge is 0.494 e. The van der Waals surface area contributed by atoms with E-state index in [0.717, 1.165) is 12.1 Å². The van der Waals surface area contributed by atoms with Crippen molar-refractivity contribution in [2.24, 2.45) is 5.73 Å². The van der Waals surface area contributed by atoms with Crippen molar-refractivity contribution in [1.82, 2.24) is 0 Å². The Hall–Kier alpha value is -3.73. The van der Waals surface area contributed by atoms with Gasteiger partial charge >= 0.3 is 6.16 Å². The third-order valence-electron chi connectivity index (χ3n) is 3.46. The van der Waals surface area contributed by atoms with Crippen LogP contribution in [0.5, 0.6) is 11.5 Å². The first-order chi connectivity index (χ1) is 13.4. The Bertz CT molecular complexity index is 854. The molecule has 0 atom stereocenters. The highest BCUT2D eigenvalue weighted by Crippen LogP contribution is 2.25. The van der Waals surface area contributed by atoms with E-state index in [9.17, 15) is 25.0 Å². The molecule has 0 saturated carbocycles. The average molecular weight is 391 g/mol. The van der Waals surface area contributed by atoms with Crippen LogP contribution < -0.4 is 15.2 Å². The first kappa shape index (κ1) is 20.6. The van der Waals surface area contributed by atoms with Crippen molar-refractivity contribution >= 4 is 17.5 Å². The molecule has 0 fully saturated rings. The lowest BCUT2D eigenvalue weighted by atomic mass is 10.2. The minimum absolute atomic E-state index is 0.0315. The number of nitrogens with two attached hydrogens (primary N) is 1. The summed E-state index contributed by atoms with van der Waals surface area (Å²) in [6.45, 7) is 0.366. The molecule has 0 heterocycles. The van der Waals surface area contributed by atoms with Gasteiger partial charge in [-0.1, -0.05) is 0 Å². The number of rotatable bonds is 9. The first-order valence-electron chi connectivity index (χ1n) is 8.10. The van der Waals surface area contributed by atoms with Crippen LogP contribution in [0.4, 0.5) is 16.2 Å². The number of ether oxygens (including phenoxy) is 3. The molecule has 0 amide bonds. The minimum Gasteiger partial charge on any atom is -0.494 e. The molecule has 0 aliphatic carbocycles. The molecule has 2 rings (SSSR count). The van der Waals surface area contributed by atoms with Crippen molar-refractivity contribution in [2.75, 3.05) is 13.2 Å². The van der Waals surface area contributed by atoms with Crippen molar-refractivity contribution in [1.29, 1.82) is 0 Å². The largest absolute Gasteiger partial charge is 0.514 e. The number of benzene rings is 2. The summed E-state index contributed by atoms with van der Waals surface area (Å²) in [7, 11) is 0. The fourth-order valence-corrected chi connectivity index (χ4v) is 2.12. The van der Waals surface area contributed by atoms with Gasteiger partial charge in [-0.25, -0.2) is 4.79 Å². The van der Waals surface area contributed by atoms with E-state index < -0.39 is 22.6 Å². The summed E-state index contributed by atoms with van der Waals surface area (Å²) in [5.41, 5.74) is 5.10. The fourth-order valence-electron chi connectivity index (χ4n) is 2.12. The quantitative estimate of drug-likeness (QED) is 0.223. The van der Waals surface area contributed by atoms with Gasteiger partial charge in [0.1, 0.15) is 18.1 Å². The highest BCUT2D eigenvalue weighted by atomic mass is 16.7. The molecule has 0 aliphatic rings. The molecule has 2 N–H and O–H groups in total. The van der Waals surface area contributed by atoms with Gasteiger partial charge in [0.15, 0.2) is 0 Å². The number of nitrogens with zero attached hydrogens (tertiary/aromatic N) is 2. The van der Waals surface area contributed by atoms with Crippen LogP contribution in [0, 0.1) is 20.2 Å². The van der Waals surface area contributed by atoms with Gasteiger partial charge in [-0.05, 0) is 37.2 Å². The second-order valence-electron chi connectivity index (χ2n) is 5.43. The Kier molecular flexibility index (Phi) is 7.22. The van der Waals surface area contributed by atoms with Gasteiger partial charge in [0.25, 0.3) is 11.4 Å². The lowest BCUT2D eigenvalue weighted by Gasteiger charge is -2.09. The predicted octanol–water partition coefficient (Wildman–Crippen LogP) is 2.95. The molecule has 0 bridgehead atoms. The molecule has 11 heteroatoms. The van der Waals surface area contributed by atoms with Gasteiger partial charge in [0.05, 0.1) is 22.0 Å². The summed E-state index contributed by atoms with van der Waals surface area (Å²) < 4.78 is 15.2. The van der Waals surface area contributed by atoms with E-state index in [-0.39, 0.29) is 22.7 Å². The van der Waals surface area contributed by atoms with Crippen molar-refractivity contribution in [3.8, 4) is 11.5 Å². The second kappa shape index (κ2) is 9.83. The standard InChI is InChI=1S/C17H17N3O8/c18-8-1-9-26-15-6-7-16(20(24)25)12(10-15)11-27-17(21)28-14-4-2-13(3-5-14)19(22)23/h2-7,10H,1,8-9,11,18H2. The van der Waals surface area contributed by atoms with E-state index in [1.54, 1.807) is 0 Å². The van der Waals surface area contributed by atoms with Crippen molar-refractivity contribution in [3.05, 3.63) is 68.3 Å². The number of nitro benzene ring substituents is 2. The second-order valence-corrected chi connectivity index (χ2v) is 5.43. The van der Waals surface area contributed by atoms with Gasteiger partial charge < -0.3 is 19.9 Å². The highest BCUT2D eigenvalue weighted by molar-refractivity contribution is 5.64. The summed E-state index contributed by atoms with van der Waals surface area (Å²) >= 11 is 0. The number of nitro groups is 2. The molecule has 0 radical (unpaired) electrons. The third-order valence-corrected chi connectivity index (χ3v) is 3.46. The predicted molar refractivity (Wildman–Crippen MR) is 96.2 cm³/mol. The van der Waals surface area contributed by atoms with Crippen LogP contribution in [0.1, 0.15) is 12.0 Å². The van der Waals surface area contributed by atoms with Crippen molar-refractivity contribution in [2.45, 2.75) is 13.0 Å². The van der Waals surface area contributed by atoms with E-state index in [0.29, 0.717) is 25.3 Å². The molecule has 0 saturated heterocycles. The van der Waals surface area contributed by atoms with Gasteiger partial charge in [-0.2, -0.15) is 0 Å². The van der Waals surface area contributed by atoms with Crippen LogP contribution >= 0.6 is 0 Å². The highest BCUT2D eigenvalue weighted by Gasteiger charge is 2.17. The number of hydrogen-bond acceptors (Lipinski definition) is 9. The lowest BCUT2D eigenvalue weighted by Crippen LogP contribution is -2.11. The Morgan fingerprint density at radius 3 is 2.29 bits per heavy atom. The molecular weight excluding hydrogens is 374 g/mol. The zero-order chi connectivity index (χ0) is 20.5. The molecule has 0 spiro atoms. The molecule has 0 aromatic heterocycles. The van der Waals surface area contributed by atoms with Crippen LogP contribution in [0.3, 0.4) is 0 Å². The fraction of sp³-hybridized carbons (Fsp3) is 0.235. The number of hydrogen-bond donors (Lipinski definition) is 1. The maximum Gasteiger partial charge on any atom is 0.514 e.